The maximum atomic E-state index is 5.78. The number of nitrogens with two attached hydrogens (primary N) is 1. The topological polar surface area (TPSA) is 38.9 Å². The van der Waals surface area contributed by atoms with E-state index in [0.29, 0.717) is 17.7 Å². The first-order valence-electron chi connectivity index (χ1n) is 6.19. The summed E-state index contributed by atoms with van der Waals surface area (Å²) in [4.78, 5) is 4.48. The molecule has 2 heteroatoms. The highest BCUT2D eigenvalue weighted by atomic mass is 14.8. The average Bonchev–Trinajstić information content (AvgIpc) is 2.27. The van der Waals surface area contributed by atoms with Gasteiger partial charge in [-0.1, -0.05) is 33.8 Å². The molecule has 2 nitrogen and oxygen atoms in total. The summed E-state index contributed by atoms with van der Waals surface area (Å²) in [5.74, 6) is 1.59. The average molecular weight is 228 g/mol. The van der Waals surface area contributed by atoms with Crippen LogP contribution < -0.4 is 5.73 Å². The molecule has 0 unspecified atom stereocenters. The summed E-state index contributed by atoms with van der Waals surface area (Å²) in [6.45, 7) is 8.83. The number of pyridine rings is 1. The molecular formula is C15H20N2. The third-order valence-electron chi connectivity index (χ3n) is 3.15. The monoisotopic (exact) mass is 228 g/mol. The first kappa shape index (κ1) is 11.9. The molecule has 0 aliphatic carbocycles. The van der Waals surface area contributed by atoms with Crippen LogP contribution in [0.3, 0.4) is 0 Å². The van der Waals surface area contributed by atoms with Crippen LogP contribution in [0.1, 0.15) is 50.7 Å². The van der Waals surface area contributed by atoms with Crippen molar-refractivity contribution in [3.05, 3.63) is 35.4 Å². The van der Waals surface area contributed by atoms with Crippen LogP contribution in [0.25, 0.3) is 10.9 Å². The molecule has 1 aromatic carbocycles. The molecule has 0 saturated heterocycles. The fourth-order valence-corrected chi connectivity index (χ4v) is 2.08. The van der Waals surface area contributed by atoms with E-state index in [-0.39, 0.29) is 0 Å². The van der Waals surface area contributed by atoms with Gasteiger partial charge in [-0.2, -0.15) is 0 Å². The summed E-state index contributed by atoms with van der Waals surface area (Å²) in [6, 6.07) is 8.43. The van der Waals surface area contributed by atoms with Crippen molar-refractivity contribution in [3.63, 3.8) is 0 Å². The highest BCUT2D eigenvalue weighted by Crippen LogP contribution is 2.29. The first-order chi connectivity index (χ1) is 7.99. The Bertz CT molecular complexity index is 542. The quantitative estimate of drug-likeness (QED) is 0.841. The summed E-state index contributed by atoms with van der Waals surface area (Å²) in [6.07, 6.45) is 0. The van der Waals surface area contributed by atoms with Gasteiger partial charge < -0.3 is 5.73 Å². The molecule has 1 heterocycles. The SMILES string of the molecule is CC(C)c1cc(C(C)C)c2nc(N)ccc2c1. The van der Waals surface area contributed by atoms with Crippen LogP contribution in [-0.4, -0.2) is 4.98 Å². The smallest absolute Gasteiger partial charge is 0.124 e. The van der Waals surface area contributed by atoms with E-state index in [1.807, 2.05) is 6.07 Å². The Morgan fingerprint density at radius 3 is 2.29 bits per heavy atom. The van der Waals surface area contributed by atoms with Gasteiger partial charge in [-0.05, 0) is 41.2 Å². The van der Waals surface area contributed by atoms with E-state index in [1.54, 1.807) is 0 Å². The molecule has 2 aromatic rings. The van der Waals surface area contributed by atoms with Crippen molar-refractivity contribution in [2.24, 2.45) is 0 Å². The molecule has 0 aliphatic rings. The molecule has 0 aliphatic heterocycles. The second kappa shape index (κ2) is 4.36. The maximum Gasteiger partial charge on any atom is 0.124 e. The van der Waals surface area contributed by atoms with Gasteiger partial charge in [-0.3, -0.25) is 0 Å². The molecule has 0 fully saturated rings. The van der Waals surface area contributed by atoms with Gasteiger partial charge in [-0.25, -0.2) is 4.98 Å². The lowest BCUT2D eigenvalue weighted by molar-refractivity contribution is 0.840. The summed E-state index contributed by atoms with van der Waals surface area (Å²) < 4.78 is 0. The van der Waals surface area contributed by atoms with Crippen molar-refractivity contribution < 1.29 is 0 Å². The van der Waals surface area contributed by atoms with E-state index in [9.17, 15) is 0 Å². The zero-order valence-electron chi connectivity index (χ0n) is 11.0. The van der Waals surface area contributed by atoms with Gasteiger partial charge in [0.25, 0.3) is 0 Å². The fraction of sp³-hybridized carbons (Fsp3) is 0.400. The predicted octanol–water partition coefficient (Wildman–Crippen LogP) is 4.06. The van der Waals surface area contributed by atoms with E-state index in [0.717, 1.165) is 5.52 Å². The summed E-state index contributed by atoms with van der Waals surface area (Å²) in [5.41, 5.74) is 9.48. The molecule has 0 atom stereocenters. The van der Waals surface area contributed by atoms with Crippen LogP contribution in [0.5, 0.6) is 0 Å². The molecule has 1 aromatic heterocycles. The highest BCUT2D eigenvalue weighted by molar-refractivity contribution is 5.84. The van der Waals surface area contributed by atoms with Crippen molar-refractivity contribution >= 4 is 16.7 Å². The summed E-state index contributed by atoms with van der Waals surface area (Å²) in [7, 11) is 0. The van der Waals surface area contributed by atoms with E-state index in [1.165, 1.54) is 16.5 Å². The lowest BCUT2D eigenvalue weighted by atomic mass is 9.92. The minimum atomic E-state index is 0.463. The van der Waals surface area contributed by atoms with Crippen LogP contribution in [0.2, 0.25) is 0 Å². The van der Waals surface area contributed by atoms with Gasteiger partial charge >= 0.3 is 0 Å². The Kier molecular flexibility index (Phi) is 3.05. The highest BCUT2D eigenvalue weighted by Gasteiger charge is 2.10. The number of rotatable bonds is 2. The third kappa shape index (κ3) is 2.26. The fourth-order valence-electron chi connectivity index (χ4n) is 2.08. The second-order valence-electron chi connectivity index (χ2n) is 5.23. The standard InChI is InChI=1S/C15H20N2/c1-9(2)12-7-11-5-6-14(16)17-15(11)13(8-12)10(3)4/h5-10H,1-4H3,(H2,16,17). The molecule has 0 saturated carbocycles. The molecule has 0 amide bonds. The van der Waals surface area contributed by atoms with Gasteiger partial charge in [0, 0.05) is 5.39 Å². The number of anilines is 1. The van der Waals surface area contributed by atoms with Gasteiger partial charge in [0.2, 0.25) is 0 Å². The van der Waals surface area contributed by atoms with Gasteiger partial charge in [0.05, 0.1) is 5.52 Å². The van der Waals surface area contributed by atoms with Crippen molar-refractivity contribution in [2.75, 3.05) is 5.73 Å². The lowest BCUT2D eigenvalue weighted by Gasteiger charge is -2.14. The largest absolute Gasteiger partial charge is 0.384 e. The molecular weight excluding hydrogens is 208 g/mol. The molecule has 2 rings (SSSR count). The first-order valence-corrected chi connectivity index (χ1v) is 6.19. The molecule has 17 heavy (non-hydrogen) atoms. The lowest BCUT2D eigenvalue weighted by Crippen LogP contribution is -1.98. The zero-order valence-corrected chi connectivity index (χ0v) is 11.0. The van der Waals surface area contributed by atoms with Crippen LogP contribution in [-0.2, 0) is 0 Å². The molecule has 0 bridgehead atoms. The van der Waals surface area contributed by atoms with Gasteiger partial charge in [-0.15, -0.1) is 0 Å². The number of nitrogen functional groups attached to an aromatic ring is 1. The zero-order chi connectivity index (χ0) is 12.6. The Labute approximate surface area is 103 Å². The third-order valence-corrected chi connectivity index (χ3v) is 3.15. The van der Waals surface area contributed by atoms with Crippen molar-refractivity contribution in [3.8, 4) is 0 Å². The van der Waals surface area contributed by atoms with Gasteiger partial charge in [0.15, 0.2) is 0 Å². The Hall–Kier alpha value is -1.57. The number of nitrogens with zero attached hydrogens (tertiary/aromatic N) is 1. The summed E-state index contributed by atoms with van der Waals surface area (Å²) in [5, 5.41) is 1.19. The van der Waals surface area contributed by atoms with Crippen molar-refractivity contribution in [1.29, 1.82) is 0 Å². The van der Waals surface area contributed by atoms with E-state index >= 15 is 0 Å². The minimum Gasteiger partial charge on any atom is -0.384 e. The molecule has 90 valence electrons. The van der Waals surface area contributed by atoms with E-state index < -0.39 is 0 Å². The van der Waals surface area contributed by atoms with Crippen molar-refractivity contribution in [1.82, 2.24) is 4.98 Å². The number of hydrogen-bond donors (Lipinski definition) is 1. The minimum absolute atomic E-state index is 0.463. The molecule has 2 N–H and O–H groups in total. The Morgan fingerprint density at radius 2 is 1.71 bits per heavy atom. The van der Waals surface area contributed by atoms with Gasteiger partial charge in [0.1, 0.15) is 5.82 Å². The number of benzene rings is 1. The Balaban J connectivity index is 2.76. The maximum absolute atomic E-state index is 5.78. The van der Waals surface area contributed by atoms with Crippen molar-refractivity contribution in [2.45, 2.75) is 39.5 Å². The Morgan fingerprint density at radius 1 is 1.00 bits per heavy atom. The summed E-state index contributed by atoms with van der Waals surface area (Å²) >= 11 is 0. The number of aromatic nitrogens is 1. The number of fused-ring (bicyclic) bond motifs is 1. The van der Waals surface area contributed by atoms with Crippen LogP contribution >= 0.6 is 0 Å². The van der Waals surface area contributed by atoms with E-state index in [2.05, 4.69) is 50.9 Å². The van der Waals surface area contributed by atoms with E-state index in [4.69, 9.17) is 5.73 Å². The normalized spacial score (nSPS) is 11.6. The molecule has 0 spiro atoms. The molecule has 0 radical (unpaired) electrons. The van der Waals surface area contributed by atoms with Crippen LogP contribution in [0, 0.1) is 0 Å². The predicted molar refractivity (Wildman–Crippen MR) is 74.3 cm³/mol. The van der Waals surface area contributed by atoms with Crippen LogP contribution in [0.15, 0.2) is 24.3 Å². The second-order valence-corrected chi connectivity index (χ2v) is 5.23. The number of hydrogen-bond acceptors (Lipinski definition) is 2. The van der Waals surface area contributed by atoms with Crippen LogP contribution in [0.4, 0.5) is 5.82 Å².